The highest BCUT2D eigenvalue weighted by Gasteiger charge is 2.19. The number of hydrogen-bond acceptors (Lipinski definition) is 5. The van der Waals surface area contributed by atoms with Crippen molar-refractivity contribution in [2.24, 2.45) is 0 Å². The van der Waals surface area contributed by atoms with E-state index in [9.17, 15) is 4.79 Å². The largest absolute Gasteiger partial charge is 0.496 e. The Morgan fingerprint density at radius 1 is 1.15 bits per heavy atom. The summed E-state index contributed by atoms with van der Waals surface area (Å²) in [6.45, 7) is 10.1. The number of ether oxygens (including phenoxy) is 2. The second kappa shape index (κ2) is 12.5. The maximum atomic E-state index is 12.7. The van der Waals surface area contributed by atoms with Gasteiger partial charge in [-0.15, -0.1) is 0 Å². The van der Waals surface area contributed by atoms with Crippen molar-refractivity contribution in [1.82, 2.24) is 10.2 Å². The van der Waals surface area contributed by atoms with Crippen molar-refractivity contribution in [3.8, 4) is 5.75 Å². The minimum atomic E-state index is 0.139. The monoisotopic (exact) mass is 453 g/mol. The molecule has 1 aliphatic heterocycles. The number of fused-ring (bicyclic) bond motifs is 1. The van der Waals surface area contributed by atoms with E-state index in [0.29, 0.717) is 25.7 Å². The predicted molar refractivity (Wildman–Crippen MR) is 135 cm³/mol. The van der Waals surface area contributed by atoms with E-state index in [-0.39, 0.29) is 5.91 Å². The van der Waals surface area contributed by atoms with Crippen LogP contribution >= 0.6 is 0 Å². The summed E-state index contributed by atoms with van der Waals surface area (Å²) in [7, 11) is 1.73. The van der Waals surface area contributed by atoms with Crippen LogP contribution in [0.25, 0.3) is 0 Å². The number of benzene rings is 1. The van der Waals surface area contributed by atoms with E-state index < -0.39 is 0 Å². The molecule has 0 atom stereocenters. The molecule has 0 fully saturated rings. The van der Waals surface area contributed by atoms with Gasteiger partial charge in [-0.05, 0) is 55.5 Å². The van der Waals surface area contributed by atoms with E-state index in [1.165, 1.54) is 11.1 Å². The van der Waals surface area contributed by atoms with Crippen molar-refractivity contribution in [1.29, 1.82) is 0 Å². The molecular weight excluding hydrogens is 414 g/mol. The van der Waals surface area contributed by atoms with E-state index in [1.54, 1.807) is 7.11 Å². The lowest BCUT2D eigenvalue weighted by Gasteiger charge is -2.27. The fourth-order valence-corrected chi connectivity index (χ4v) is 4.14. The number of para-hydroxylation sites is 2. The Bertz CT molecular complexity index is 888. The second-order valence-corrected chi connectivity index (χ2v) is 8.98. The van der Waals surface area contributed by atoms with Gasteiger partial charge >= 0.3 is 0 Å². The first-order valence-electron chi connectivity index (χ1n) is 12.1. The van der Waals surface area contributed by atoms with Crippen molar-refractivity contribution >= 4 is 11.6 Å². The summed E-state index contributed by atoms with van der Waals surface area (Å²) in [5.74, 6) is 1.93. The molecule has 33 heavy (non-hydrogen) atoms. The number of amides is 1. The molecule has 0 bridgehead atoms. The fraction of sp³-hybridized carbons (Fsp3) is 0.519. The Morgan fingerprint density at radius 2 is 1.94 bits per heavy atom. The minimum Gasteiger partial charge on any atom is -0.496 e. The van der Waals surface area contributed by atoms with Crippen molar-refractivity contribution in [3.05, 3.63) is 59.4 Å². The summed E-state index contributed by atoms with van der Waals surface area (Å²) in [6, 6.07) is 8.51. The van der Waals surface area contributed by atoms with Crippen LogP contribution in [0.15, 0.2) is 59.4 Å². The smallest absolute Gasteiger partial charge is 0.236 e. The Balaban J connectivity index is 1.75. The zero-order valence-electron chi connectivity index (χ0n) is 20.6. The number of anilines is 1. The van der Waals surface area contributed by atoms with E-state index in [0.717, 1.165) is 56.1 Å². The van der Waals surface area contributed by atoms with Crippen LogP contribution < -0.4 is 15.0 Å². The summed E-state index contributed by atoms with van der Waals surface area (Å²) >= 11 is 0. The van der Waals surface area contributed by atoms with E-state index in [2.05, 4.69) is 61.3 Å². The van der Waals surface area contributed by atoms with Gasteiger partial charge in [0.2, 0.25) is 5.91 Å². The van der Waals surface area contributed by atoms with Gasteiger partial charge in [-0.3, -0.25) is 4.79 Å². The topological polar surface area (TPSA) is 54.0 Å². The molecule has 0 spiro atoms. The van der Waals surface area contributed by atoms with Gasteiger partial charge in [-0.1, -0.05) is 38.1 Å². The lowest BCUT2D eigenvalue weighted by atomic mass is 10.1. The third kappa shape index (κ3) is 7.39. The molecule has 0 radical (unpaired) electrons. The van der Waals surface area contributed by atoms with Crippen LogP contribution in [0.2, 0.25) is 0 Å². The van der Waals surface area contributed by atoms with E-state index >= 15 is 0 Å². The maximum absolute atomic E-state index is 12.7. The molecular formula is C27H39N3O3. The van der Waals surface area contributed by atoms with Gasteiger partial charge in [0, 0.05) is 25.7 Å². The lowest BCUT2D eigenvalue weighted by Crippen LogP contribution is -2.42. The summed E-state index contributed by atoms with van der Waals surface area (Å²) < 4.78 is 11.8. The average Bonchev–Trinajstić information content (AvgIpc) is 3.00. The normalized spacial score (nSPS) is 17.7. The predicted octanol–water partition coefficient (Wildman–Crippen LogP) is 4.30. The molecule has 1 N–H and O–H groups in total. The molecule has 0 unspecified atom stereocenters. The van der Waals surface area contributed by atoms with Crippen LogP contribution in [0.1, 0.15) is 40.0 Å². The summed E-state index contributed by atoms with van der Waals surface area (Å²) in [4.78, 5) is 17.0. The number of hydrogen-bond donors (Lipinski definition) is 1. The Morgan fingerprint density at radius 3 is 2.73 bits per heavy atom. The number of carbonyl (C=O) groups excluding carboxylic acids is 1. The number of rotatable bonds is 6. The second-order valence-electron chi connectivity index (χ2n) is 8.98. The van der Waals surface area contributed by atoms with Gasteiger partial charge in [0.25, 0.3) is 0 Å². The summed E-state index contributed by atoms with van der Waals surface area (Å²) in [6.07, 6.45) is 9.48. The number of carbonyl (C=O) groups is 1. The first-order valence-corrected chi connectivity index (χ1v) is 12.1. The van der Waals surface area contributed by atoms with E-state index in [4.69, 9.17) is 9.47 Å². The Labute approximate surface area is 198 Å². The van der Waals surface area contributed by atoms with Gasteiger partial charge in [0.1, 0.15) is 18.1 Å². The van der Waals surface area contributed by atoms with Gasteiger partial charge in [-0.25, -0.2) is 0 Å². The van der Waals surface area contributed by atoms with Crippen LogP contribution in [0.5, 0.6) is 5.75 Å². The Hall–Kier alpha value is -2.73. The zero-order valence-corrected chi connectivity index (χ0v) is 20.6. The fourth-order valence-electron chi connectivity index (χ4n) is 4.14. The SMILES string of the molecule is COC1=CC(CN2CCCCN(C(=O)CNC(C)C)CCOc3ccccc32)=CCC=C1C. The number of methoxy groups -OCH3 is 1. The van der Waals surface area contributed by atoms with Crippen LogP contribution in [0, 0.1) is 0 Å². The standard InChI is InChI=1S/C27H39N3O3/c1-21(2)28-19-27(31)29-14-7-8-15-30(24-12-5-6-13-25(24)33-17-16-29)20-23-11-9-10-22(3)26(18-23)32-4/h5-6,10-13,18,21,28H,7-9,14-17,19-20H2,1-4H3. The van der Waals surface area contributed by atoms with Crippen molar-refractivity contribution in [2.75, 3.05) is 51.3 Å². The van der Waals surface area contributed by atoms with Crippen LogP contribution in [-0.4, -0.2) is 63.3 Å². The van der Waals surface area contributed by atoms with Gasteiger partial charge in [0.15, 0.2) is 0 Å². The number of nitrogens with zero attached hydrogens (tertiary/aromatic N) is 2. The summed E-state index contributed by atoms with van der Waals surface area (Å²) in [5.41, 5.74) is 3.50. The highest BCUT2D eigenvalue weighted by Crippen LogP contribution is 2.30. The third-order valence-electron chi connectivity index (χ3n) is 6.05. The van der Waals surface area contributed by atoms with Gasteiger partial charge in [-0.2, -0.15) is 0 Å². The molecule has 6 nitrogen and oxygen atoms in total. The van der Waals surface area contributed by atoms with Gasteiger partial charge in [0.05, 0.1) is 25.9 Å². The molecule has 1 aromatic rings. The van der Waals surface area contributed by atoms with Crippen molar-refractivity contribution < 1.29 is 14.3 Å². The first-order chi connectivity index (χ1) is 16.0. The van der Waals surface area contributed by atoms with Crippen LogP contribution in [-0.2, 0) is 9.53 Å². The van der Waals surface area contributed by atoms with Gasteiger partial charge < -0.3 is 24.6 Å². The molecule has 6 heteroatoms. The summed E-state index contributed by atoms with van der Waals surface area (Å²) in [5, 5.41) is 3.24. The molecule has 0 saturated carbocycles. The number of nitrogens with one attached hydrogen (secondary N) is 1. The molecule has 0 aromatic heterocycles. The van der Waals surface area contributed by atoms with Crippen LogP contribution in [0.3, 0.4) is 0 Å². The molecule has 1 amide bonds. The average molecular weight is 454 g/mol. The lowest BCUT2D eigenvalue weighted by molar-refractivity contribution is -0.130. The van der Waals surface area contributed by atoms with Crippen LogP contribution in [0.4, 0.5) is 5.69 Å². The Kier molecular flexibility index (Phi) is 9.43. The molecule has 2 aliphatic rings. The zero-order chi connectivity index (χ0) is 23.6. The molecule has 1 aromatic carbocycles. The molecule has 1 heterocycles. The molecule has 3 rings (SSSR count). The van der Waals surface area contributed by atoms with Crippen molar-refractivity contribution in [2.45, 2.75) is 46.1 Å². The van der Waals surface area contributed by atoms with E-state index in [1.807, 2.05) is 17.0 Å². The minimum absolute atomic E-state index is 0.139. The first kappa shape index (κ1) is 24.9. The molecule has 1 aliphatic carbocycles. The number of allylic oxidation sites excluding steroid dienone is 3. The molecule has 0 saturated heterocycles. The molecule has 180 valence electrons. The highest BCUT2D eigenvalue weighted by atomic mass is 16.5. The third-order valence-corrected chi connectivity index (χ3v) is 6.05. The highest BCUT2D eigenvalue weighted by molar-refractivity contribution is 5.78. The maximum Gasteiger partial charge on any atom is 0.236 e. The quantitative estimate of drug-likeness (QED) is 0.696. The van der Waals surface area contributed by atoms with Crippen molar-refractivity contribution in [3.63, 3.8) is 0 Å².